The Labute approximate surface area is 183 Å². The predicted molar refractivity (Wildman–Crippen MR) is 119 cm³/mol. The van der Waals surface area contributed by atoms with E-state index in [1.165, 1.54) is 4.90 Å². The quantitative estimate of drug-likeness (QED) is 0.521. The van der Waals surface area contributed by atoms with E-state index < -0.39 is 5.54 Å². The first kappa shape index (κ1) is 21.5. The van der Waals surface area contributed by atoms with Gasteiger partial charge in [0.25, 0.3) is 5.91 Å². The van der Waals surface area contributed by atoms with Gasteiger partial charge in [-0.05, 0) is 55.4 Å². The van der Waals surface area contributed by atoms with Crippen LogP contribution in [-0.4, -0.2) is 60.3 Å². The van der Waals surface area contributed by atoms with E-state index in [0.29, 0.717) is 39.0 Å². The Balaban J connectivity index is 1.92. The molecule has 1 aliphatic carbocycles. The molecule has 6 nitrogen and oxygen atoms in total. The Morgan fingerprint density at radius 2 is 1.52 bits per heavy atom. The lowest BCUT2D eigenvalue weighted by atomic mass is 9.84. The van der Waals surface area contributed by atoms with Crippen molar-refractivity contribution >= 4 is 11.9 Å². The Bertz CT molecular complexity index is 965. The number of rotatable bonds is 8. The largest absolute Gasteiger partial charge is 0.396 e. The van der Waals surface area contributed by atoms with Crippen LogP contribution in [0.4, 0.5) is 4.79 Å². The third-order valence-corrected chi connectivity index (χ3v) is 6.36. The molecule has 0 radical (unpaired) electrons. The van der Waals surface area contributed by atoms with Gasteiger partial charge in [0.05, 0.1) is 0 Å². The zero-order chi connectivity index (χ0) is 22.2. The highest BCUT2D eigenvalue weighted by Gasteiger charge is 2.62. The van der Waals surface area contributed by atoms with Crippen molar-refractivity contribution in [1.29, 1.82) is 0 Å². The van der Waals surface area contributed by atoms with Crippen LogP contribution < -0.4 is 0 Å². The summed E-state index contributed by atoms with van der Waals surface area (Å²) in [5, 5.41) is 9.30. The number of imide groups is 1. The monoisotopic (exact) mass is 422 g/mol. The smallest absolute Gasteiger partial charge is 0.328 e. The molecule has 0 bridgehead atoms. The van der Waals surface area contributed by atoms with E-state index in [-0.39, 0.29) is 18.5 Å². The van der Waals surface area contributed by atoms with E-state index in [2.05, 4.69) is 24.3 Å². The van der Waals surface area contributed by atoms with Crippen LogP contribution in [0.25, 0.3) is 11.1 Å². The van der Waals surface area contributed by atoms with Gasteiger partial charge in [-0.25, -0.2) is 4.79 Å². The van der Waals surface area contributed by atoms with Crippen LogP contribution in [-0.2, 0) is 15.1 Å². The minimum atomic E-state index is -1.15. The molecule has 6 heteroatoms. The Hall–Kier alpha value is -2.70. The topological polar surface area (TPSA) is 70.1 Å². The fourth-order valence-electron chi connectivity index (χ4n) is 4.95. The molecule has 164 valence electrons. The van der Waals surface area contributed by atoms with Gasteiger partial charge in [-0.1, -0.05) is 47.5 Å². The highest BCUT2D eigenvalue weighted by molar-refractivity contribution is 6.13. The number of nitrogens with zero attached hydrogens (tertiary/aromatic N) is 2. The van der Waals surface area contributed by atoms with Crippen molar-refractivity contribution in [1.82, 2.24) is 9.80 Å². The summed E-state index contributed by atoms with van der Waals surface area (Å²) in [5.41, 5.74) is 4.73. The van der Waals surface area contributed by atoms with Crippen LogP contribution in [0.1, 0.15) is 41.5 Å². The summed E-state index contributed by atoms with van der Waals surface area (Å²) in [4.78, 5) is 30.8. The molecule has 2 aromatic rings. The zero-order valence-electron chi connectivity index (χ0n) is 18.5. The van der Waals surface area contributed by atoms with E-state index in [4.69, 9.17) is 4.74 Å². The predicted octanol–water partition coefficient (Wildman–Crippen LogP) is 3.60. The summed E-state index contributed by atoms with van der Waals surface area (Å²) in [6.07, 6.45) is 1.81. The van der Waals surface area contributed by atoms with E-state index in [0.717, 1.165) is 33.4 Å². The van der Waals surface area contributed by atoms with E-state index >= 15 is 0 Å². The Kier molecular flexibility index (Phi) is 5.86. The number of amides is 3. The average Bonchev–Trinajstić information content (AvgIpc) is 3.14. The first-order valence-electron chi connectivity index (χ1n) is 10.9. The van der Waals surface area contributed by atoms with Crippen LogP contribution in [0.2, 0.25) is 0 Å². The molecule has 0 unspecified atom stereocenters. The van der Waals surface area contributed by atoms with Crippen molar-refractivity contribution in [2.45, 2.75) is 38.6 Å². The molecular weight excluding hydrogens is 392 g/mol. The second kappa shape index (κ2) is 8.44. The van der Waals surface area contributed by atoms with Crippen molar-refractivity contribution in [3.8, 4) is 11.1 Å². The third kappa shape index (κ3) is 3.25. The number of ether oxygens (including phenoxy) is 1. The highest BCUT2D eigenvalue weighted by Crippen LogP contribution is 2.54. The molecule has 0 aromatic heterocycles. The zero-order valence-corrected chi connectivity index (χ0v) is 18.5. The molecule has 1 spiro atoms. The van der Waals surface area contributed by atoms with Crippen LogP contribution in [0.3, 0.4) is 0 Å². The lowest BCUT2D eigenvalue weighted by molar-refractivity contribution is -0.131. The van der Waals surface area contributed by atoms with Crippen LogP contribution >= 0.6 is 0 Å². The van der Waals surface area contributed by atoms with Crippen LogP contribution in [0.5, 0.6) is 0 Å². The van der Waals surface area contributed by atoms with Gasteiger partial charge in [-0.3, -0.25) is 9.69 Å². The number of aliphatic hydroxyl groups excluding tert-OH is 1. The number of carbonyl (C=O) groups excluding carboxylic acids is 2. The molecule has 3 amide bonds. The van der Waals surface area contributed by atoms with Gasteiger partial charge >= 0.3 is 6.03 Å². The first-order chi connectivity index (χ1) is 15.0. The number of fused-ring (bicyclic) bond motifs is 5. The SMILES string of the molecule is COCCCN1C(=O)N(CCCCO)C2(C1=O)c1cc(C)ccc1-c1ccc(C)cc12. The molecule has 31 heavy (non-hydrogen) atoms. The van der Waals surface area contributed by atoms with Crippen molar-refractivity contribution in [3.63, 3.8) is 0 Å². The molecular formula is C25H30N2O4. The molecule has 0 saturated carbocycles. The van der Waals surface area contributed by atoms with Gasteiger partial charge in [0.15, 0.2) is 5.54 Å². The number of unbranched alkanes of at least 4 members (excludes halogenated alkanes) is 1. The van der Waals surface area contributed by atoms with Gasteiger partial charge in [0, 0.05) is 33.4 Å². The number of urea groups is 1. The summed E-state index contributed by atoms with van der Waals surface area (Å²) < 4.78 is 5.15. The highest BCUT2D eigenvalue weighted by atomic mass is 16.5. The summed E-state index contributed by atoms with van der Waals surface area (Å²) >= 11 is 0. The van der Waals surface area contributed by atoms with Gasteiger partial charge in [-0.15, -0.1) is 0 Å². The second-order valence-electron chi connectivity index (χ2n) is 8.48. The molecule has 0 atom stereocenters. The maximum Gasteiger partial charge on any atom is 0.328 e. The molecule has 2 aromatic carbocycles. The van der Waals surface area contributed by atoms with E-state index in [1.54, 1.807) is 12.0 Å². The maximum absolute atomic E-state index is 14.1. The molecule has 1 aliphatic heterocycles. The number of hydrogen-bond donors (Lipinski definition) is 1. The number of methoxy groups -OCH3 is 1. The fraction of sp³-hybridized carbons (Fsp3) is 0.440. The minimum absolute atomic E-state index is 0.0614. The first-order valence-corrected chi connectivity index (χ1v) is 10.9. The standard InChI is InChI=1S/C25H30N2O4/c1-17-7-9-19-20-10-8-18(2)16-22(20)25(21(19)15-17)23(29)26(11-6-14-31-3)24(30)27(25)12-4-5-13-28/h7-10,15-16,28H,4-6,11-14H2,1-3H3. The third-order valence-electron chi connectivity index (χ3n) is 6.36. The number of aryl methyl sites for hydroxylation is 2. The summed E-state index contributed by atoms with van der Waals surface area (Å²) in [6.45, 7) is 5.30. The molecule has 4 rings (SSSR count). The summed E-state index contributed by atoms with van der Waals surface area (Å²) in [5.74, 6) is -0.186. The summed E-state index contributed by atoms with van der Waals surface area (Å²) in [7, 11) is 1.62. The van der Waals surface area contributed by atoms with Crippen LogP contribution in [0, 0.1) is 13.8 Å². The lowest BCUT2D eigenvalue weighted by Gasteiger charge is -2.34. The minimum Gasteiger partial charge on any atom is -0.396 e. The molecule has 1 heterocycles. The lowest BCUT2D eigenvalue weighted by Crippen LogP contribution is -2.47. The second-order valence-corrected chi connectivity index (χ2v) is 8.48. The fourth-order valence-corrected chi connectivity index (χ4v) is 4.95. The van der Waals surface area contributed by atoms with E-state index in [1.807, 2.05) is 26.0 Å². The summed E-state index contributed by atoms with van der Waals surface area (Å²) in [6, 6.07) is 12.1. The van der Waals surface area contributed by atoms with Crippen molar-refractivity contribution < 1.29 is 19.4 Å². The number of aliphatic hydroxyl groups is 1. The van der Waals surface area contributed by atoms with Crippen LogP contribution in [0.15, 0.2) is 36.4 Å². The normalized spacial score (nSPS) is 16.4. The molecule has 1 N–H and O–H groups in total. The van der Waals surface area contributed by atoms with Gasteiger partial charge in [0.2, 0.25) is 0 Å². The van der Waals surface area contributed by atoms with Crippen molar-refractivity contribution in [3.05, 3.63) is 58.7 Å². The van der Waals surface area contributed by atoms with Crippen molar-refractivity contribution in [2.75, 3.05) is 33.4 Å². The molecule has 1 fully saturated rings. The van der Waals surface area contributed by atoms with E-state index in [9.17, 15) is 14.7 Å². The number of benzene rings is 2. The van der Waals surface area contributed by atoms with Gasteiger partial charge in [0.1, 0.15) is 0 Å². The number of hydrogen-bond acceptors (Lipinski definition) is 4. The molecule has 1 saturated heterocycles. The van der Waals surface area contributed by atoms with Gasteiger partial charge < -0.3 is 14.7 Å². The Morgan fingerprint density at radius 1 is 0.903 bits per heavy atom. The average molecular weight is 423 g/mol. The van der Waals surface area contributed by atoms with Crippen molar-refractivity contribution in [2.24, 2.45) is 0 Å². The number of carbonyl (C=O) groups is 2. The van der Waals surface area contributed by atoms with Gasteiger partial charge in [-0.2, -0.15) is 0 Å². The molecule has 2 aliphatic rings. The Morgan fingerprint density at radius 3 is 2.06 bits per heavy atom. The maximum atomic E-state index is 14.1.